The van der Waals surface area contributed by atoms with Gasteiger partial charge in [0.1, 0.15) is 27.2 Å². The van der Waals surface area contributed by atoms with Crippen molar-refractivity contribution in [1.82, 2.24) is 4.98 Å². The maximum atomic E-state index is 13.1. The van der Waals surface area contributed by atoms with Gasteiger partial charge in [-0.05, 0) is 36.8 Å². The number of rotatable bonds is 3. The van der Waals surface area contributed by atoms with Crippen LogP contribution in [0.2, 0.25) is 0 Å². The number of hydrogen-bond acceptors (Lipinski definition) is 6. The smallest absolute Gasteiger partial charge is 0.205 e. The lowest BCUT2D eigenvalue weighted by Crippen LogP contribution is -2.02. The lowest BCUT2D eigenvalue weighted by molar-refractivity contribution is 0.104. The summed E-state index contributed by atoms with van der Waals surface area (Å²) in [6.07, 6.45) is 0. The summed E-state index contributed by atoms with van der Waals surface area (Å²) >= 11 is 4.56. The van der Waals surface area contributed by atoms with Crippen LogP contribution in [0.3, 0.4) is 0 Å². The van der Waals surface area contributed by atoms with Crippen molar-refractivity contribution in [3.8, 4) is 17.2 Å². The van der Waals surface area contributed by atoms with Crippen molar-refractivity contribution in [2.75, 3.05) is 11.5 Å². The van der Waals surface area contributed by atoms with Crippen molar-refractivity contribution in [1.29, 1.82) is 5.26 Å². The van der Waals surface area contributed by atoms with Crippen molar-refractivity contribution in [3.05, 3.63) is 74.6 Å². The molecule has 0 saturated heterocycles. The molecule has 5 nitrogen and oxygen atoms in total. The van der Waals surface area contributed by atoms with Gasteiger partial charge in [-0.15, -0.1) is 11.3 Å². The molecule has 29 heavy (non-hydrogen) atoms. The van der Waals surface area contributed by atoms with Gasteiger partial charge < -0.3 is 11.5 Å². The molecule has 0 bridgehead atoms. The first-order valence-electron chi connectivity index (χ1n) is 8.69. The summed E-state index contributed by atoms with van der Waals surface area (Å²) < 4.78 is 0.883. The monoisotopic (exact) mass is 462 g/mol. The third-order valence-corrected chi connectivity index (χ3v) is 6.30. The number of hydrogen-bond donors (Lipinski definition) is 2. The Morgan fingerprint density at radius 1 is 1.10 bits per heavy atom. The number of nitrogens with zero attached hydrogens (tertiary/aromatic N) is 2. The second kappa shape index (κ2) is 7.32. The van der Waals surface area contributed by atoms with Gasteiger partial charge in [0.05, 0.1) is 5.69 Å². The third-order valence-electron chi connectivity index (χ3n) is 4.67. The lowest BCUT2D eigenvalue weighted by Gasteiger charge is -2.10. The average Bonchev–Trinajstić information content (AvgIpc) is 3.03. The first-order valence-corrected chi connectivity index (χ1v) is 10.3. The van der Waals surface area contributed by atoms with Gasteiger partial charge in [0.25, 0.3) is 0 Å². The largest absolute Gasteiger partial charge is 0.397 e. The SMILES string of the molecule is Cc1ccc(-c2c(C#N)c(N)nc3sc(C(=O)c4ccc(Br)cc4)c(N)c23)cc1. The van der Waals surface area contributed by atoms with E-state index in [-0.39, 0.29) is 17.2 Å². The molecule has 7 heteroatoms. The zero-order chi connectivity index (χ0) is 20.7. The lowest BCUT2D eigenvalue weighted by atomic mass is 9.96. The number of carbonyl (C=O) groups is 1. The molecular weight excluding hydrogens is 448 g/mol. The average molecular weight is 463 g/mol. The van der Waals surface area contributed by atoms with Crippen molar-refractivity contribution < 1.29 is 4.79 Å². The number of benzene rings is 2. The van der Waals surface area contributed by atoms with Crippen molar-refractivity contribution in [3.63, 3.8) is 0 Å². The van der Waals surface area contributed by atoms with Crippen LogP contribution in [0.15, 0.2) is 53.0 Å². The zero-order valence-corrected chi connectivity index (χ0v) is 17.8. The van der Waals surface area contributed by atoms with Crippen molar-refractivity contribution in [2.24, 2.45) is 0 Å². The summed E-state index contributed by atoms with van der Waals surface area (Å²) in [6, 6.07) is 17.0. The molecule has 0 spiro atoms. The number of nitrogens with two attached hydrogens (primary N) is 2. The molecular formula is C22H15BrN4OS. The minimum Gasteiger partial charge on any atom is -0.397 e. The maximum absolute atomic E-state index is 13.1. The number of anilines is 2. The zero-order valence-electron chi connectivity index (χ0n) is 15.4. The Bertz CT molecular complexity index is 1300. The molecule has 0 saturated carbocycles. The number of nitriles is 1. The Morgan fingerprint density at radius 3 is 2.38 bits per heavy atom. The molecule has 4 aromatic rings. The Morgan fingerprint density at radius 2 is 1.76 bits per heavy atom. The summed E-state index contributed by atoms with van der Waals surface area (Å²) in [4.78, 5) is 18.4. The van der Waals surface area contributed by atoms with Crippen LogP contribution in [0.1, 0.15) is 26.4 Å². The summed E-state index contributed by atoms with van der Waals surface area (Å²) in [6.45, 7) is 1.99. The standard InChI is InChI=1S/C22H15BrN4OS/c1-11-2-4-12(5-3-11)16-15(10-24)21(26)27-22-17(16)18(25)20(29-22)19(28)13-6-8-14(23)9-7-13/h2-9H,25H2,1H3,(H2,26,27). The number of thiophene rings is 1. The van der Waals surface area contributed by atoms with Crippen LogP contribution in [0.5, 0.6) is 0 Å². The van der Waals surface area contributed by atoms with Crippen LogP contribution in [-0.4, -0.2) is 10.8 Å². The predicted octanol–water partition coefficient (Wildman–Crippen LogP) is 5.30. The van der Waals surface area contributed by atoms with Crippen LogP contribution >= 0.6 is 27.3 Å². The molecule has 0 aliphatic rings. The van der Waals surface area contributed by atoms with E-state index in [4.69, 9.17) is 11.5 Å². The van der Waals surface area contributed by atoms with Crippen LogP contribution in [-0.2, 0) is 0 Å². The first kappa shape index (κ1) is 19.1. The number of ketones is 1. The minimum absolute atomic E-state index is 0.125. The van der Waals surface area contributed by atoms with Gasteiger partial charge in [0.2, 0.25) is 5.78 Å². The van der Waals surface area contributed by atoms with Gasteiger partial charge in [-0.25, -0.2) is 4.98 Å². The van der Waals surface area contributed by atoms with E-state index in [2.05, 4.69) is 27.0 Å². The highest BCUT2D eigenvalue weighted by Crippen LogP contribution is 2.43. The first-order chi connectivity index (χ1) is 13.9. The van der Waals surface area contributed by atoms with Crippen LogP contribution in [0, 0.1) is 18.3 Å². The van der Waals surface area contributed by atoms with Gasteiger partial charge in [0, 0.05) is 21.0 Å². The van der Waals surface area contributed by atoms with Gasteiger partial charge in [-0.2, -0.15) is 5.26 Å². The van der Waals surface area contributed by atoms with Crippen LogP contribution in [0.25, 0.3) is 21.3 Å². The molecule has 0 unspecified atom stereocenters. The molecule has 0 atom stereocenters. The molecule has 0 aliphatic carbocycles. The fraction of sp³-hybridized carbons (Fsp3) is 0.0455. The number of aryl methyl sites for hydroxylation is 1. The van der Waals surface area contributed by atoms with Crippen LogP contribution < -0.4 is 11.5 Å². The molecule has 142 valence electrons. The second-order valence-electron chi connectivity index (χ2n) is 6.59. The highest BCUT2D eigenvalue weighted by atomic mass is 79.9. The number of pyridine rings is 1. The van der Waals surface area contributed by atoms with Crippen molar-refractivity contribution >= 4 is 54.8 Å². The van der Waals surface area contributed by atoms with Crippen LogP contribution in [0.4, 0.5) is 11.5 Å². The predicted molar refractivity (Wildman–Crippen MR) is 121 cm³/mol. The fourth-order valence-corrected chi connectivity index (χ4v) is 4.53. The molecule has 4 rings (SSSR count). The Kier molecular flexibility index (Phi) is 4.82. The van der Waals surface area contributed by atoms with Crippen molar-refractivity contribution in [2.45, 2.75) is 6.92 Å². The number of nitrogen functional groups attached to an aromatic ring is 2. The molecule has 0 fully saturated rings. The van der Waals surface area contributed by atoms with E-state index in [0.29, 0.717) is 31.9 Å². The van der Waals surface area contributed by atoms with E-state index in [1.54, 1.807) is 24.3 Å². The number of carbonyl (C=O) groups excluding carboxylic acids is 1. The molecule has 0 amide bonds. The third kappa shape index (κ3) is 3.27. The Balaban J connectivity index is 2.00. The summed E-state index contributed by atoms with van der Waals surface area (Å²) in [5.41, 5.74) is 16.1. The van der Waals surface area contributed by atoms with Gasteiger partial charge in [-0.3, -0.25) is 4.79 Å². The molecule has 0 aliphatic heterocycles. The highest BCUT2D eigenvalue weighted by Gasteiger charge is 2.24. The van der Waals surface area contributed by atoms with E-state index in [1.165, 1.54) is 11.3 Å². The minimum atomic E-state index is -0.190. The van der Waals surface area contributed by atoms with E-state index in [9.17, 15) is 10.1 Å². The fourth-order valence-electron chi connectivity index (χ4n) is 3.19. The summed E-state index contributed by atoms with van der Waals surface area (Å²) in [5.74, 6) is -0.0654. The molecule has 2 aromatic heterocycles. The number of aromatic nitrogens is 1. The molecule has 4 N–H and O–H groups in total. The van der Waals surface area contributed by atoms with E-state index in [0.717, 1.165) is 15.6 Å². The summed E-state index contributed by atoms with van der Waals surface area (Å²) in [5, 5.41) is 10.3. The number of halogens is 1. The summed E-state index contributed by atoms with van der Waals surface area (Å²) in [7, 11) is 0. The van der Waals surface area contributed by atoms with Gasteiger partial charge in [-0.1, -0.05) is 45.8 Å². The maximum Gasteiger partial charge on any atom is 0.205 e. The van der Waals surface area contributed by atoms with Gasteiger partial charge in [0.15, 0.2) is 0 Å². The molecule has 2 aromatic carbocycles. The number of fused-ring (bicyclic) bond motifs is 1. The van der Waals surface area contributed by atoms with E-state index in [1.807, 2.05) is 31.2 Å². The second-order valence-corrected chi connectivity index (χ2v) is 8.50. The highest BCUT2D eigenvalue weighted by molar-refractivity contribution is 9.10. The van der Waals surface area contributed by atoms with E-state index >= 15 is 0 Å². The Hall–Kier alpha value is -3.21. The molecule has 2 heterocycles. The van der Waals surface area contributed by atoms with E-state index < -0.39 is 0 Å². The quantitative estimate of drug-likeness (QED) is 0.401. The normalized spacial score (nSPS) is 10.8. The van der Waals surface area contributed by atoms with Gasteiger partial charge >= 0.3 is 0 Å². The molecule has 0 radical (unpaired) electrons. The topological polar surface area (TPSA) is 106 Å². The Labute approximate surface area is 179 Å².